The number of carbonyl (C=O) groups excluding carboxylic acids is 2. The molecule has 1 fully saturated rings. The molecule has 1 aliphatic rings. The molecule has 0 unspecified atom stereocenters. The van der Waals surface area contributed by atoms with Crippen molar-refractivity contribution in [2.75, 3.05) is 11.1 Å². The fraction of sp³-hybridized carbons (Fsp3) is 0.364. The summed E-state index contributed by atoms with van der Waals surface area (Å²) in [5.41, 5.74) is 5.60. The lowest BCUT2D eigenvalue weighted by Crippen LogP contribution is -2.31. The molecule has 14 heteroatoms. The number of nitrogens with zero attached hydrogens (tertiary/aromatic N) is 4. The number of amides is 2. The second-order valence-electron chi connectivity index (χ2n) is 11.2. The van der Waals surface area contributed by atoms with Gasteiger partial charge >= 0.3 is 0 Å². The van der Waals surface area contributed by atoms with Gasteiger partial charge in [-0.05, 0) is 70.8 Å². The molecule has 248 valence electrons. The van der Waals surface area contributed by atoms with E-state index < -0.39 is 12.2 Å². The highest BCUT2D eigenvalue weighted by Crippen LogP contribution is 2.39. The number of unbranched alkanes of at least 4 members (excludes halogenated alkanes) is 3. The highest BCUT2D eigenvalue weighted by atomic mass is 32.2. The molecule has 47 heavy (non-hydrogen) atoms. The van der Waals surface area contributed by atoms with Crippen LogP contribution in [0.2, 0.25) is 0 Å². The van der Waals surface area contributed by atoms with E-state index >= 15 is 0 Å². The molecule has 13 nitrogen and oxygen atoms in total. The standard InChI is InChI=1S/C33H38N6O7S/c40-20-22-7-9-23(10-8-22)29-19-28(21-47-33-35-37-38-39(33)26-15-17-27(41)18-16-26)45-32(46-29)24-11-13-25(14-12-24)34-30(42)5-3-1-2-4-6-31(43)36-44/h7-18,28-29,32,40-41,44H,1-6,19-21H2,(H,34,42)(H,36,43)/t28-,29+,32+/m1/s1. The number of hydrogen-bond donors (Lipinski definition) is 5. The summed E-state index contributed by atoms with van der Waals surface area (Å²) in [5.74, 6) is 0.213. The molecule has 3 atom stereocenters. The lowest BCUT2D eigenvalue weighted by molar-refractivity contribution is -0.245. The summed E-state index contributed by atoms with van der Waals surface area (Å²) >= 11 is 1.46. The van der Waals surface area contributed by atoms with Crippen molar-refractivity contribution in [1.29, 1.82) is 0 Å². The number of benzene rings is 3. The van der Waals surface area contributed by atoms with Crippen molar-refractivity contribution >= 4 is 29.3 Å². The summed E-state index contributed by atoms with van der Waals surface area (Å²) in [6.07, 6.45) is 3.06. The molecule has 5 rings (SSSR count). The number of phenols is 1. The summed E-state index contributed by atoms with van der Waals surface area (Å²) in [6.45, 7) is -0.0407. The van der Waals surface area contributed by atoms with Gasteiger partial charge in [-0.1, -0.05) is 61.0 Å². The second-order valence-corrected chi connectivity index (χ2v) is 12.2. The van der Waals surface area contributed by atoms with Gasteiger partial charge in [0.15, 0.2) is 6.29 Å². The van der Waals surface area contributed by atoms with Gasteiger partial charge in [0, 0.05) is 36.3 Å². The first kappa shape index (κ1) is 34.0. The summed E-state index contributed by atoms with van der Waals surface area (Å²) < 4.78 is 14.5. The fourth-order valence-electron chi connectivity index (χ4n) is 5.14. The number of aliphatic hydroxyl groups is 1. The Kier molecular flexibility index (Phi) is 12.3. The molecule has 2 amide bonds. The normalized spacial score (nSPS) is 17.7. The fourth-order valence-corrected chi connectivity index (χ4v) is 6.05. The molecule has 1 aliphatic heterocycles. The predicted molar refractivity (Wildman–Crippen MR) is 173 cm³/mol. The molecular weight excluding hydrogens is 624 g/mol. The minimum atomic E-state index is -0.664. The molecule has 1 aromatic heterocycles. The quantitative estimate of drug-likeness (QED) is 0.0501. The first-order chi connectivity index (χ1) is 22.9. The largest absolute Gasteiger partial charge is 0.508 e. The van der Waals surface area contributed by atoms with E-state index in [0.29, 0.717) is 42.3 Å². The van der Waals surface area contributed by atoms with Crippen molar-refractivity contribution < 1.29 is 34.5 Å². The molecule has 2 heterocycles. The first-order valence-corrected chi connectivity index (χ1v) is 16.4. The number of aliphatic hydroxyl groups excluding tert-OH is 1. The number of nitrogens with one attached hydrogen (secondary N) is 2. The van der Waals surface area contributed by atoms with Crippen molar-refractivity contribution in [1.82, 2.24) is 25.7 Å². The molecule has 5 N–H and O–H groups in total. The Bertz CT molecular complexity index is 1580. The second kappa shape index (κ2) is 17.0. The number of hydrogen-bond acceptors (Lipinski definition) is 11. The molecule has 0 radical (unpaired) electrons. The van der Waals surface area contributed by atoms with Crippen molar-refractivity contribution in [3.8, 4) is 11.4 Å². The smallest absolute Gasteiger partial charge is 0.243 e. The summed E-state index contributed by atoms with van der Waals surface area (Å²) in [7, 11) is 0. The van der Waals surface area contributed by atoms with E-state index in [1.165, 1.54) is 11.8 Å². The van der Waals surface area contributed by atoms with E-state index in [1.807, 2.05) is 48.5 Å². The third-order valence-electron chi connectivity index (χ3n) is 7.70. The van der Waals surface area contributed by atoms with E-state index in [-0.39, 0.29) is 36.9 Å². The zero-order valence-corrected chi connectivity index (χ0v) is 26.5. The maximum absolute atomic E-state index is 12.5. The van der Waals surface area contributed by atoms with Gasteiger partial charge in [-0.25, -0.2) is 5.48 Å². The number of aromatic nitrogens is 4. The maximum atomic E-state index is 12.5. The Morgan fingerprint density at radius 1 is 0.872 bits per heavy atom. The van der Waals surface area contributed by atoms with E-state index in [9.17, 15) is 19.8 Å². The Balaban J connectivity index is 1.21. The number of hydroxylamine groups is 1. The van der Waals surface area contributed by atoms with Gasteiger partial charge in [-0.2, -0.15) is 4.68 Å². The van der Waals surface area contributed by atoms with E-state index in [0.717, 1.165) is 35.2 Å². The zero-order valence-electron chi connectivity index (χ0n) is 25.7. The average Bonchev–Trinajstić information content (AvgIpc) is 3.58. The molecule has 4 aromatic rings. The average molecular weight is 663 g/mol. The van der Waals surface area contributed by atoms with Crippen LogP contribution in [0, 0.1) is 0 Å². The van der Waals surface area contributed by atoms with Crippen LogP contribution < -0.4 is 10.8 Å². The lowest BCUT2D eigenvalue weighted by atomic mass is 10.0. The van der Waals surface area contributed by atoms with Crippen LogP contribution in [-0.2, 0) is 25.7 Å². The molecule has 0 saturated carbocycles. The number of phenolic OH excluding ortho intramolecular Hbond substituents is 1. The topological polar surface area (TPSA) is 181 Å². The third-order valence-corrected chi connectivity index (χ3v) is 8.75. The minimum absolute atomic E-state index is 0.0407. The van der Waals surface area contributed by atoms with Crippen molar-refractivity contribution in [3.05, 3.63) is 89.5 Å². The van der Waals surface area contributed by atoms with Crippen molar-refractivity contribution in [2.45, 2.75) is 75.2 Å². The number of carbonyl (C=O) groups is 2. The SMILES string of the molecule is O=C(CCCCCCC(=O)Nc1ccc([C@H]2O[C@@H](CSc3nnnn3-c3ccc(O)cc3)C[C@@H](c3ccc(CO)cc3)O2)cc1)NO. The highest BCUT2D eigenvalue weighted by Gasteiger charge is 2.32. The summed E-state index contributed by atoms with van der Waals surface area (Å²) in [6, 6.07) is 21.7. The van der Waals surface area contributed by atoms with Crippen LogP contribution in [0.15, 0.2) is 78.0 Å². The van der Waals surface area contributed by atoms with Crippen LogP contribution in [0.25, 0.3) is 5.69 Å². The lowest BCUT2D eigenvalue weighted by Gasteiger charge is -2.36. The van der Waals surface area contributed by atoms with E-state index in [1.54, 1.807) is 34.4 Å². The van der Waals surface area contributed by atoms with Gasteiger partial charge in [0.25, 0.3) is 0 Å². The van der Waals surface area contributed by atoms with Crippen LogP contribution in [-0.4, -0.2) is 59.3 Å². The van der Waals surface area contributed by atoms with E-state index in [2.05, 4.69) is 20.8 Å². The molecular formula is C33H38N6O7S. The van der Waals surface area contributed by atoms with Crippen LogP contribution in [0.1, 0.15) is 74.0 Å². The van der Waals surface area contributed by atoms with Crippen LogP contribution in [0.3, 0.4) is 0 Å². The third kappa shape index (κ3) is 9.83. The Morgan fingerprint density at radius 3 is 2.23 bits per heavy atom. The molecule has 0 spiro atoms. The monoisotopic (exact) mass is 662 g/mol. The zero-order chi connectivity index (χ0) is 33.0. The number of tetrazole rings is 1. The number of anilines is 1. The van der Waals surface area contributed by atoms with Gasteiger partial charge in [-0.3, -0.25) is 14.8 Å². The number of rotatable bonds is 15. The van der Waals surface area contributed by atoms with Crippen LogP contribution in [0.4, 0.5) is 5.69 Å². The molecule has 0 bridgehead atoms. The number of ether oxygens (including phenoxy) is 2. The Hall–Kier alpha value is -4.34. The molecule has 1 saturated heterocycles. The summed E-state index contributed by atoms with van der Waals surface area (Å²) in [5, 5.41) is 43.3. The van der Waals surface area contributed by atoms with Crippen LogP contribution >= 0.6 is 11.8 Å². The molecule has 0 aliphatic carbocycles. The van der Waals surface area contributed by atoms with Gasteiger partial charge in [0.1, 0.15) is 5.75 Å². The van der Waals surface area contributed by atoms with Gasteiger partial charge in [0.05, 0.1) is 24.5 Å². The van der Waals surface area contributed by atoms with Crippen LogP contribution in [0.5, 0.6) is 5.75 Å². The summed E-state index contributed by atoms with van der Waals surface area (Å²) in [4.78, 5) is 23.5. The number of aromatic hydroxyl groups is 1. The van der Waals surface area contributed by atoms with E-state index in [4.69, 9.17) is 14.7 Å². The minimum Gasteiger partial charge on any atom is -0.508 e. The highest BCUT2D eigenvalue weighted by molar-refractivity contribution is 7.99. The van der Waals surface area contributed by atoms with Gasteiger partial charge in [0.2, 0.25) is 17.0 Å². The Labute approximate surface area is 276 Å². The first-order valence-electron chi connectivity index (χ1n) is 15.5. The Morgan fingerprint density at radius 2 is 1.55 bits per heavy atom. The van der Waals surface area contributed by atoms with Gasteiger partial charge in [-0.15, -0.1) is 5.10 Å². The number of thioether (sulfide) groups is 1. The van der Waals surface area contributed by atoms with Crippen molar-refractivity contribution in [3.63, 3.8) is 0 Å². The maximum Gasteiger partial charge on any atom is 0.243 e. The molecule has 3 aromatic carbocycles. The van der Waals surface area contributed by atoms with Crippen molar-refractivity contribution in [2.24, 2.45) is 0 Å². The van der Waals surface area contributed by atoms with Gasteiger partial charge < -0.3 is 25.0 Å². The predicted octanol–water partition coefficient (Wildman–Crippen LogP) is 4.98.